The number of aromatic hydroxyl groups is 1. The zero-order chi connectivity index (χ0) is 12.3. The normalized spacial score (nSPS) is 28.5. The van der Waals surface area contributed by atoms with E-state index in [0.717, 1.165) is 26.0 Å². The quantitative estimate of drug-likeness (QED) is 0.838. The summed E-state index contributed by atoms with van der Waals surface area (Å²) in [6.45, 7) is 3.93. The molecule has 0 aliphatic carbocycles. The van der Waals surface area contributed by atoms with Crippen LogP contribution < -0.4 is 5.32 Å². The van der Waals surface area contributed by atoms with Crippen LogP contribution in [0.2, 0.25) is 0 Å². The average molecular weight is 235 g/mol. The van der Waals surface area contributed by atoms with Crippen LogP contribution in [0, 0.1) is 5.41 Å². The summed E-state index contributed by atoms with van der Waals surface area (Å²) in [6.07, 6.45) is 2.28. The first kappa shape index (κ1) is 12.4. The highest BCUT2D eigenvalue weighted by atomic mass is 16.5. The van der Waals surface area contributed by atoms with Crippen LogP contribution in [0.15, 0.2) is 24.3 Å². The molecule has 1 fully saturated rings. The van der Waals surface area contributed by atoms with Crippen molar-refractivity contribution in [2.75, 3.05) is 20.2 Å². The van der Waals surface area contributed by atoms with Gasteiger partial charge in [0.2, 0.25) is 0 Å². The van der Waals surface area contributed by atoms with Gasteiger partial charge in [0, 0.05) is 18.6 Å². The smallest absolute Gasteiger partial charge is 0.115 e. The highest BCUT2D eigenvalue weighted by Gasteiger charge is 2.40. The molecule has 1 aliphatic rings. The Morgan fingerprint density at radius 1 is 1.53 bits per heavy atom. The van der Waals surface area contributed by atoms with Gasteiger partial charge in [0.05, 0.1) is 6.10 Å². The minimum atomic E-state index is 0.155. The summed E-state index contributed by atoms with van der Waals surface area (Å²) in [5.41, 5.74) is 1.33. The number of hydrogen-bond acceptors (Lipinski definition) is 3. The molecule has 0 amide bonds. The fourth-order valence-electron chi connectivity index (χ4n) is 2.77. The van der Waals surface area contributed by atoms with E-state index in [1.165, 1.54) is 5.56 Å². The first-order valence-electron chi connectivity index (χ1n) is 6.20. The molecule has 1 aliphatic heterocycles. The summed E-state index contributed by atoms with van der Waals surface area (Å²) in [7, 11) is 1.98. The van der Waals surface area contributed by atoms with Gasteiger partial charge in [-0.3, -0.25) is 0 Å². The molecule has 3 heteroatoms. The Labute approximate surface area is 103 Å². The Balaban J connectivity index is 2.18. The Hall–Kier alpha value is -1.06. The summed E-state index contributed by atoms with van der Waals surface area (Å²) in [6, 6.07) is 7.53. The monoisotopic (exact) mass is 235 g/mol. The van der Waals surface area contributed by atoms with Crippen molar-refractivity contribution in [1.29, 1.82) is 0 Å². The maximum atomic E-state index is 9.52. The van der Waals surface area contributed by atoms with Gasteiger partial charge in [-0.05, 0) is 44.5 Å². The molecule has 1 heterocycles. The van der Waals surface area contributed by atoms with Crippen molar-refractivity contribution in [3.8, 4) is 5.75 Å². The maximum Gasteiger partial charge on any atom is 0.115 e. The molecule has 1 aromatic carbocycles. The fraction of sp³-hybridized carbons (Fsp3) is 0.571. The zero-order valence-corrected chi connectivity index (χ0v) is 10.6. The minimum absolute atomic E-state index is 0.155. The van der Waals surface area contributed by atoms with Crippen molar-refractivity contribution in [2.24, 2.45) is 5.41 Å². The summed E-state index contributed by atoms with van der Waals surface area (Å²) < 4.78 is 5.72. The van der Waals surface area contributed by atoms with Gasteiger partial charge < -0.3 is 15.2 Å². The summed E-state index contributed by atoms with van der Waals surface area (Å²) in [5.74, 6) is 0.341. The number of phenols is 1. The molecule has 0 spiro atoms. The van der Waals surface area contributed by atoms with Crippen molar-refractivity contribution in [2.45, 2.75) is 25.9 Å². The van der Waals surface area contributed by atoms with Crippen molar-refractivity contribution in [1.82, 2.24) is 5.32 Å². The van der Waals surface area contributed by atoms with E-state index in [0.29, 0.717) is 5.75 Å². The number of hydrogen-bond donors (Lipinski definition) is 2. The van der Waals surface area contributed by atoms with E-state index >= 15 is 0 Å². The van der Waals surface area contributed by atoms with Crippen LogP contribution in [-0.2, 0) is 11.2 Å². The molecule has 0 radical (unpaired) electrons. The molecule has 2 unspecified atom stereocenters. The highest BCUT2D eigenvalue weighted by Crippen LogP contribution is 2.38. The topological polar surface area (TPSA) is 41.5 Å². The molecule has 2 atom stereocenters. The Morgan fingerprint density at radius 2 is 2.35 bits per heavy atom. The van der Waals surface area contributed by atoms with Gasteiger partial charge in [-0.25, -0.2) is 0 Å². The van der Waals surface area contributed by atoms with Crippen LogP contribution in [0.25, 0.3) is 0 Å². The van der Waals surface area contributed by atoms with Crippen LogP contribution >= 0.6 is 0 Å². The second-order valence-corrected chi connectivity index (χ2v) is 5.00. The van der Waals surface area contributed by atoms with Crippen LogP contribution in [0.5, 0.6) is 5.75 Å². The Kier molecular flexibility index (Phi) is 3.69. The van der Waals surface area contributed by atoms with Crippen molar-refractivity contribution < 1.29 is 9.84 Å². The van der Waals surface area contributed by atoms with Gasteiger partial charge in [-0.2, -0.15) is 0 Å². The van der Waals surface area contributed by atoms with Crippen LogP contribution in [0.1, 0.15) is 18.9 Å². The van der Waals surface area contributed by atoms with Gasteiger partial charge >= 0.3 is 0 Å². The van der Waals surface area contributed by atoms with Crippen LogP contribution in [-0.4, -0.2) is 31.4 Å². The highest BCUT2D eigenvalue weighted by molar-refractivity contribution is 5.28. The Bertz CT molecular complexity index is 380. The van der Waals surface area contributed by atoms with E-state index in [2.05, 4.69) is 18.3 Å². The van der Waals surface area contributed by atoms with Crippen LogP contribution in [0.3, 0.4) is 0 Å². The average Bonchev–Trinajstić information content (AvgIpc) is 2.61. The summed E-state index contributed by atoms with van der Waals surface area (Å²) in [5, 5.41) is 12.8. The minimum Gasteiger partial charge on any atom is -0.508 e. The molecule has 2 N–H and O–H groups in total. The molecule has 0 saturated carbocycles. The van der Waals surface area contributed by atoms with E-state index in [1.807, 2.05) is 19.2 Å². The predicted molar refractivity (Wildman–Crippen MR) is 68.2 cm³/mol. The fourth-order valence-corrected chi connectivity index (χ4v) is 2.77. The lowest BCUT2D eigenvalue weighted by atomic mass is 9.76. The van der Waals surface area contributed by atoms with Crippen LogP contribution in [0.4, 0.5) is 0 Å². The van der Waals surface area contributed by atoms with E-state index in [1.54, 1.807) is 6.07 Å². The third-order valence-electron chi connectivity index (χ3n) is 3.83. The molecule has 94 valence electrons. The first-order valence-corrected chi connectivity index (χ1v) is 6.20. The third-order valence-corrected chi connectivity index (χ3v) is 3.83. The van der Waals surface area contributed by atoms with Gasteiger partial charge in [0.25, 0.3) is 0 Å². The van der Waals surface area contributed by atoms with E-state index in [9.17, 15) is 5.11 Å². The number of benzene rings is 1. The second kappa shape index (κ2) is 5.07. The van der Waals surface area contributed by atoms with E-state index in [-0.39, 0.29) is 11.5 Å². The van der Waals surface area contributed by atoms with E-state index in [4.69, 9.17) is 4.74 Å². The summed E-state index contributed by atoms with van der Waals surface area (Å²) in [4.78, 5) is 0. The number of rotatable bonds is 4. The van der Waals surface area contributed by atoms with Crippen molar-refractivity contribution in [3.63, 3.8) is 0 Å². The molecule has 2 rings (SSSR count). The van der Waals surface area contributed by atoms with Gasteiger partial charge in [0.15, 0.2) is 0 Å². The predicted octanol–water partition coefficient (Wildman–Crippen LogP) is 1.95. The van der Waals surface area contributed by atoms with Gasteiger partial charge in [-0.1, -0.05) is 12.1 Å². The first-order chi connectivity index (χ1) is 8.16. The second-order valence-electron chi connectivity index (χ2n) is 5.00. The standard InChI is InChI=1S/C14H21NO2/c1-11-14(10-15-2,6-7-17-11)9-12-4-3-5-13(16)8-12/h3-5,8,11,15-16H,6-7,9-10H2,1-2H3. The van der Waals surface area contributed by atoms with E-state index < -0.39 is 0 Å². The third kappa shape index (κ3) is 2.61. The molecule has 0 bridgehead atoms. The lowest BCUT2D eigenvalue weighted by Crippen LogP contribution is -2.40. The molecular formula is C14H21NO2. The van der Waals surface area contributed by atoms with Crippen molar-refractivity contribution in [3.05, 3.63) is 29.8 Å². The number of phenolic OH excluding ortho intramolecular Hbond substituents is 1. The van der Waals surface area contributed by atoms with Gasteiger partial charge in [-0.15, -0.1) is 0 Å². The molecule has 1 aromatic rings. The number of ether oxygens (including phenoxy) is 1. The SMILES string of the molecule is CNCC1(Cc2cccc(O)c2)CCOC1C. The molecule has 3 nitrogen and oxygen atoms in total. The zero-order valence-electron chi connectivity index (χ0n) is 10.6. The van der Waals surface area contributed by atoms with Gasteiger partial charge in [0.1, 0.15) is 5.75 Å². The summed E-state index contributed by atoms with van der Waals surface area (Å²) >= 11 is 0. The lowest BCUT2D eigenvalue weighted by Gasteiger charge is -2.32. The molecule has 1 saturated heterocycles. The molecular weight excluding hydrogens is 214 g/mol. The lowest BCUT2D eigenvalue weighted by molar-refractivity contribution is 0.0639. The largest absolute Gasteiger partial charge is 0.508 e. The Morgan fingerprint density at radius 3 is 2.94 bits per heavy atom. The van der Waals surface area contributed by atoms with Crippen molar-refractivity contribution >= 4 is 0 Å². The molecule has 0 aromatic heterocycles. The molecule has 17 heavy (non-hydrogen) atoms. The maximum absolute atomic E-state index is 9.52. The number of nitrogens with one attached hydrogen (secondary N) is 1.